The van der Waals surface area contributed by atoms with Crippen LogP contribution < -0.4 is 0 Å². The average Bonchev–Trinajstić information content (AvgIpc) is 2.49. The molecule has 0 heterocycles. The highest BCUT2D eigenvalue weighted by atomic mass is 16.1. The fourth-order valence-electron chi connectivity index (χ4n) is 1.43. The zero-order valence-electron chi connectivity index (χ0n) is 10.8. The lowest BCUT2D eigenvalue weighted by atomic mass is 10.1. The summed E-state index contributed by atoms with van der Waals surface area (Å²) in [5, 5.41) is 0. The molecule has 1 heteroatoms. The van der Waals surface area contributed by atoms with Gasteiger partial charge in [0.05, 0.1) is 0 Å². The highest BCUT2D eigenvalue weighted by molar-refractivity contribution is 6.06. The number of allylic oxidation sites excluding steroid dienone is 1. The van der Waals surface area contributed by atoms with E-state index < -0.39 is 0 Å². The Balaban J connectivity index is 0.000000771. The lowest BCUT2D eigenvalue weighted by Crippen LogP contribution is -1.92. The van der Waals surface area contributed by atoms with Crippen LogP contribution in [-0.4, -0.2) is 5.78 Å². The number of hydrogen-bond donors (Lipinski definition) is 0. The molecule has 0 saturated heterocycles. The van der Waals surface area contributed by atoms with Crippen LogP contribution in [0.1, 0.15) is 29.8 Å². The maximum absolute atomic E-state index is 11.7. The van der Waals surface area contributed by atoms with Gasteiger partial charge in [0.2, 0.25) is 0 Å². The summed E-state index contributed by atoms with van der Waals surface area (Å²) >= 11 is 0. The third-order valence-electron chi connectivity index (χ3n) is 2.29. The topological polar surface area (TPSA) is 17.1 Å². The summed E-state index contributed by atoms with van der Waals surface area (Å²) in [6.45, 7) is 4.00. The molecule has 0 radical (unpaired) electrons. The molecule has 0 aliphatic carbocycles. The van der Waals surface area contributed by atoms with Crippen molar-refractivity contribution in [1.82, 2.24) is 0 Å². The van der Waals surface area contributed by atoms with Gasteiger partial charge in [-0.05, 0) is 11.6 Å². The monoisotopic (exact) mass is 238 g/mol. The molecule has 0 atom stereocenters. The van der Waals surface area contributed by atoms with E-state index in [9.17, 15) is 4.79 Å². The highest BCUT2D eigenvalue weighted by Gasteiger charge is 1.98. The average molecular weight is 238 g/mol. The number of carbonyl (C=O) groups excluding carboxylic acids is 1. The quantitative estimate of drug-likeness (QED) is 0.563. The van der Waals surface area contributed by atoms with Crippen molar-refractivity contribution in [3.8, 4) is 0 Å². The van der Waals surface area contributed by atoms with Gasteiger partial charge in [0.1, 0.15) is 0 Å². The van der Waals surface area contributed by atoms with E-state index in [1.165, 1.54) is 0 Å². The first-order valence-corrected chi connectivity index (χ1v) is 6.19. The highest BCUT2D eigenvalue weighted by Crippen LogP contribution is 2.05. The van der Waals surface area contributed by atoms with E-state index in [0.29, 0.717) is 0 Å². The second kappa shape index (κ2) is 8.02. The van der Waals surface area contributed by atoms with Gasteiger partial charge in [0.15, 0.2) is 5.78 Å². The van der Waals surface area contributed by atoms with Crippen LogP contribution in [0.2, 0.25) is 0 Å². The number of carbonyl (C=O) groups is 1. The van der Waals surface area contributed by atoms with Crippen LogP contribution >= 0.6 is 0 Å². The fourth-order valence-corrected chi connectivity index (χ4v) is 1.43. The van der Waals surface area contributed by atoms with Crippen LogP contribution in [0.4, 0.5) is 0 Å². The Morgan fingerprint density at radius 3 is 1.89 bits per heavy atom. The molecule has 0 N–H and O–H groups in total. The molecule has 0 aromatic heterocycles. The summed E-state index contributed by atoms with van der Waals surface area (Å²) in [6, 6.07) is 19.1. The SMILES string of the molecule is CC.O=C(/C=C/c1ccccc1)c1ccccc1. The first kappa shape index (κ1) is 13.9. The molecule has 0 fully saturated rings. The molecule has 0 saturated carbocycles. The molecule has 2 rings (SSSR count). The lowest BCUT2D eigenvalue weighted by molar-refractivity contribution is 0.104. The van der Waals surface area contributed by atoms with E-state index in [0.717, 1.165) is 11.1 Å². The Morgan fingerprint density at radius 1 is 0.833 bits per heavy atom. The van der Waals surface area contributed by atoms with E-state index in [4.69, 9.17) is 0 Å². The number of ketones is 1. The molecule has 18 heavy (non-hydrogen) atoms. The molecule has 1 nitrogen and oxygen atoms in total. The Hall–Kier alpha value is -2.15. The Morgan fingerprint density at radius 2 is 1.33 bits per heavy atom. The van der Waals surface area contributed by atoms with Crippen molar-refractivity contribution in [1.29, 1.82) is 0 Å². The second-order valence-electron chi connectivity index (χ2n) is 3.47. The van der Waals surface area contributed by atoms with Crippen molar-refractivity contribution in [2.45, 2.75) is 13.8 Å². The fraction of sp³-hybridized carbons (Fsp3) is 0.118. The smallest absolute Gasteiger partial charge is 0.185 e. The summed E-state index contributed by atoms with van der Waals surface area (Å²) in [5.74, 6) is 0.0319. The molecule has 0 spiro atoms. The predicted molar refractivity (Wildman–Crippen MR) is 77.6 cm³/mol. The Labute approximate surface area is 109 Å². The third-order valence-corrected chi connectivity index (χ3v) is 2.29. The lowest BCUT2D eigenvalue weighted by Gasteiger charge is -1.94. The maximum Gasteiger partial charge on any atom is 0.185 e. The van der Waals surface area contributed by atoms with Crippen LogP contribution in [0, 0.1) is 0 Å². The molecule has 0 bridgehead atoms. The van der Waals surface area contributed by atoms with E-state index in [2.05, 4.69) is 0 Å². The van der Waals surface area contributed by atoms with Crippen LogP contribution in [0.5, 0.6) is 0 Å². The van der Waals surface area contributed by atoms with Crippen molar-refractivity contribution < 1.29 is 4.79 Å². The summed E-state index contributed by atoms with van der Waals surface area (Å²) < 4.78 is 0. The minimum absolute atomic E-state index is 0.0319. The molecule has 92 valence electrons. The van der Waals surface area contributed by atoms with E-state index in [1.807, 2.05) is 80.6 Å². The number of rotatable bonds is 3. The zero-order valence-corrected chi connectivity index (χ0v) is 10.8. The van der Waals surface area contributed by atoms with Crippen molar-refractivity contribution in [3.05, 3.63) is 77.9 Å². The normalized spacial score (nSPS) is 9.67. The second-order valence-corrected chi connectivity index (χ2v) is 3.47. The van der Waals surface area contributed by atoms with Gasteiger partial charge in [0, 0.05) is 5.56 Å². The van der Waals surface area contributed by atoms with Crippen molar-refractivity contribution in [2.75, 3.05) is 0 Å². The van der Waals surface area contributed by atoms with Gasteiger partial charge in [-0.3, -0.25) is 4.79 Å². The summed E-state index contributed by atoms with van der Waals surface area (Å²) in [7, 11) is 0. The molecule has 0 unspecified atom stereocenters. The van der Waals surface area contributed by atoms with Crippen molar-refractivity contribution >= 4 is 11.9 Å². The van der Waals surface area contributed by atoms with Gasteiger partial charge >= 0.3 is 0 Å². The molecule has 0 aliphatic rings. The standard InChI is InChI=1S/C15H12O.C2H6/c16-15(14-9-5-2-6-10-14)12-11-13-7-3-1-4-8-13;1-2/h1-12H;1-2H3/b12-11+;. The van der Waals surface area contributed by atoms with Crippen molar-refractivity contribution in [3.63, 3.8) is 0 Å². The largest absolute Gasteiger partial charge is 0.289 e. The molecular weight excluding hydrogens is 220 g/mol. The molecule has 0 aliphatic heterocycles. The van der Waals surface area contributed by atoms with Gasteiger partial charge < -0.3 is 0 Å². The Bertz CT molecular complexity index is 484. The minimum Gasteiger partial charge on any atom is -0.289 e. The number of hydrogen-bond acceptors (Lipinski definition) is 1. The molecule has 2 aromatic carbocycles. The summed E-state index contributed by atoms with van der Waals surface area (Å²) in [6.07, 6.45) is 3.43. The Kier molecular flexibility index (Phi) is 6.20. The predicted octanol–water partition coefficient (Wildman–Crippen LogP) is 4.61. The van der Waals surface area contributed by atoms with Crippen LogP contribution in [-0.2, 0) is 0 Å². The third kappa shape index (κ3) is 4.38. The van der Waals surface area contributed by atoms with Gasteiger partial charge in [-0.1, -0.05) is 80.6 Å². The van der Waals surface area contributed by atoms with Gasteiger partial charge in [-0.2, -0.15) is 0 Å². The summed E-state index contributed by atoms with van der Waals surface area (Å²) in [4.78, 5) is 11.7. The van der Waals surface area contributed by atoms with Gasteiger partial charge in [-0.15, -0.1) is 0 Å². The van der Waals surface area contributed by atoms with E-state index in [1.54, 1.807) is 6.08 Å². The molecule has 0 amide bonds. The first-order chi connectivity index (χ1) is 8.86. The van der Waals surface area contributed by atoms with Gasteiger partial charge in [0.25, 0.3) is 0 Å². The van der Waals surface area contributed by atoms with Crippen LogP contribution in [0.3, 0.4) is 0 Å². The first-order valence-electron chi connectivity index (χ1n) is 6.19. The minimum atomic E-state index is 0.0319. The van der Waals surface area contributed by atoms with E-state index in [-0.39, 0.29) is 5.78 Å². The zero-order chi connectivity index (χ0) is 13.2. The summed E-state index contributed by atoms with van der Waals surface area (Å²) in [5.41, 5.74) is 1.75. The van der Waals surface area contributed by atoms with Gasteiger partial charge in [-0.25, -0.2) is 0 Å². The molecule has 2 aromatic rings. The number of benzene rings is 2. The molecular formula is C17H18O. The van der Waals surface area contributed by atoms with E-state index >= 15 is 0 Å². The maximum atomic E-state index is 11.7. The van der Waals surface area contributed by atoms with Crippen molar-refractivity contribution in [2.24, 2.45) is 0 Å². The van der Waals surface area contributed by atoms with Crippen LogP contribution in [0.25, 0.3) is 6.08 Å². The van der Waals surface area contributed by atoms with Crippen LogP contribution in [0.15, 0.2) is 66.7 Å².